The molecule has 0 atom stereocenters. The van der Waals surface area contributed by atoms with Crippen LogP contribution in [0.25, 0.3) is 122 Å². The Kier molecular flexibility index (Phi) is 12.1. The van der Waals surface area contributed by atoms with Gasteiger partial charge in [0.25, 0.3) is 0 Å². The second-order valence-electron chi connectivity index (χ2n) is 22.3. The van der Waals surface area contributed by atoms with Crippen LogP contribution in [-0.2, 0) is 6.18 Å². The van der Waals surface area contributed by atoms with Gasteiger partial charge in [-0.2, -0.15) is 13.2 Å². The average Bonchev–Trinajstić information content (AvgIpc) is 3.93. The Morgan fingerprint density at radius 1 is 0.275 bits per heavy atom. The first-order chi connectivity index (χ1) is 38.5. The van der Waals surface area contributed by atoms with Crippen molar-refractivity contribution in [3.63, 3.8) is 0 Å². The van der Waals surface area contributed by atoms with Crippen LogP contribution in [0.2, 0.25) is 0 Å². The first-order valence-electron chi connectivity index (χ1n) is 27.3. The molecule has 3 nitrogen and oxygen atoms in total. The maximum atomic E-state index is 17.6. The number of halogens is 3. The number of pyridine rings is 1. The van der Waals surface area contributed by atoms with Crippen LogP contribution in [0.4, 0.5) is 13.2 Å². The second kappa shape index (κ2) is 19.3. The molecule has 0 aliphatic carbocycles. The van der Waals surface area contributed by atoms with Crippen molar-refractivity contribution >= 4 is 43.6 Å². The van der Waals surface area contributed by atoms with E-state index in [9.17, 15) is 0 Å². The van der Waals surface area contributed by atoms with Gasteiger partial charge in [-0.1, -0.05) is 202 Å². The largest absolute Gasteiger partial charge is 0.420 e. The minimum atomic E-state index is -4.89. The highest BCUT2D eigenvalue weighted by Gasteiger charge is 2.40. The number of hydrogen-bond acceptors (Lipinski definition) is 1. The molecule has 0 fully saturated rings. The number of alkyl halides is 3. The molecule has 0 aliphatic rings. The van der Waals surface area contributed by atoms with E-state index in [1.54, 1.807) is 12.1 Å². The molecule has 10 aromatic carbocycles. The summed E-state index contributed by atoms with van der Waals surface area (Å²) < 4.78 is 56.6. The van der Waals surface area contributed by atoms with Gasteiger partial charge in [0.2, 0.25) is 0 Å². The van der Waals surface area contributed by atoms with E-state index in [1.807, 2.05) is 57.7 Å². The van der Waals surface area contributed by atoms with E-state index in [1.165, 1.54) is 0 Å². The first kappa shape index (κ1) is 50.3. The monoisotopic (exact) mass is 1050 g/mol. The Labute approximate surface area is 464 Å². The zero-order valence-corrected chi connectivity index (χ0v) is 46.1. The van der Waals surface area contributed by atoms with Crippen LogP contribution in [0.1, 0.15) is 50.1 Å². The predicted molar refractivity (Wildman–Crippen MR) is 328 cm³/mol. The lowest BCUT2D eigenvalue weighted by Gasteiger charge is -2.23. The van der Waals surface area contributed by atoms with Crippen LogP contribution in [0.15, 0.2) is 206 Å². The summed E-state index contributed by atoms with van der Waals surface area (Å²) in [7, 11) is 0. The van der Waals surface area contributed by atoms with Gasteiger partial charge in [-0.25, -0.2) is 4.98 Å². The Bertz CT molecular complexity index is 4120. The summed E-state index contributed by atoms with van der Waals surface area (Å²) in [5.41, 5.74) is 21.0. The SMILES string of the molecule is Cc1cc(C)cc(-c2ccc3c4ccc(-c5cc(C)cc(C)c5)cc4n(-c4cc(-c5cccc(-c6ccccc6)n5)cc(-n5c6cc(-c7cc(C)cc(C)c7)ccc6c6ccc(-c7cc(C)cc(C)c7)cc65)c4C(F)(F)F)c3c2)c1. The van der Waals surface area contributed by atoms with Crippen LogP contribution in [0.3, 0.4) is 0 Å². The van der Waals surface area contributed by atoms with Gasteiger partial charge in [-0.3, -0.25) is 0 Å². The molecule has 3 aromatic heterocycles. The van der Waals surface area contributed by atoms with Crippen molar-refractivity contribution in [1.82, 2.24) is 14.1 Å². The molecule has 6 heteroatoms. The standard InChI is InChI=1S/C74H58F3N3/c1-43-25-44(2)30-56(29-43)52-17-21-61-62-22-18-53(57-31-45(3)26-46(4)32-57)38-68(62)79(67(61)37-52)71-41-60(66-16-12-15-65(78-66)51-13-10-9-11-14-51)42-72(73(71)74(75,76)77)80-69-39-54(58-33-47(5)27-48(6)34-58)19-23-63(69)64-24-20-55(40-70(64)80)59-35-49(7)28-50(8)36-59/h9-42H,1-8H3. The van der Waals surface area contributed by atoms with E-state index in [2.05, 4.69) is 201 Å². The summed E-state index contributed by atoms with van der Waals surface area (Å²) in [5.74, 6) is 0. The molecular formula is C74H58F3N3. The Balaban J connectivity index is 1.21. The van der Waals surface area contributed by atoms with Gasteiger partial charge < -0.3 is 9.13 Å². The van der Waals surface area contributed by atoms with Gasteiger partial charge in [-0.15, -0.1) is 0 Å². The van der Waals surface area contributed by atoms with E-state index in [4.69, 9.17) is 4.98 Å². The molecule has 3 heterocycles. The van der Waals surface area contributed by atoms with E-state index in [-0.39, 0.29) is 11.4 Å². The number of aryl methyl sites for hydroxylation is 8. The zero-order chi connectivity index (χ0) is 55.3. The summed E-state index contributed by atoms with van der Waals surface area (Å²) in [5, 5.41) is 3.38. The minimum absolute atomic E-state index is 0.00186. The quantitative estimate of drug-likeness (QED) is 0.149. The van der Waals surface area contributed by atoms with Crippen molar-refractivity contribution in [3.8, 4) is 78.4 Å². The van der Waals surface area contributed by atoms with E-state index >= 15 is 13.2 Å². The van der Waals surface area contributed by atoms with Gasteiger partial charge in [0.05, 0.1) is 44.8 Å². The molecule has 0 saturated heterocycles. The molecule has 0 bridgehead atoms. The Hall–Kier alpha value is -9.26. The summed E-state index contributed by atoms with van der Waals surface area (Å²) in [4.78, 5) is 5.28. The van der Waals surface area contributed by atoms with Gasteiger partial charge in [-0.05, 0) is 148 Å². The van der Waals surface area contributed by atoms with Gasteiger partial charge >= 0.3 is 6.18 Å². The third-order valence-electron chi connectivity index (χ3n) is 15.7. The number of nitrogens with zero attached hydrogens (tertiary/aromatic N) is 3. The fourth-order valence-electron chi connectivity index (χ4n) is 12.6. The van der Waals surface area contributed by atoms with Crippen molar-refractivity contribution in [3.05, 3.63) is 256 Å². The van der Waals surface area contributed by atoms with Crippen molar-refractivity contribution < 1.29 is 13.2 Å². The topological polar surface area (TPSA) is 22.8 Å². The molecule has 13 rings (SSSR count). The van der Waals surface area contributed by atoms with Crippen LogP contribution in [0.5, 0.6) is 0 Å². The lowest BCUT2D eigenvalue weighted by atomic mass is 9.98. The molecule has 0 radical (unpaired) electrons. The highest BCUT2D eigenvalue weighted by Crippen LogP contribution is 2.48. The number of hydrogen-bond donors (Lipinski definition) is 0. The minimum Gasteiger partial charge on any atom is -0.308 e. The molecule has 0 saturated carbocycles. The highest BCUT2D eigenvalue weighted by atomic mass is 19.4. The van der Waals surface area contributed by atoms with Crippen LogP contribution >= 0.6 is 0 Å². The lowest BCUT2D eigenvalue weighted by Crippen LogP contribution is -2.16. The third kappa shape index (κ3) is 9.05. The molecule has 0 unspecified atom stereocenters. The number of benzene rings is 10. The molecule has 0 amide bonds. The molecule has 390 valence electrons. The van der Waals surface area contributed by atoms with Crippen molar-refractivity contribution in [1.29, 1.82) is 0 Å². The Morgan fingerprint density at radius 3 is 0.875 bits per heavy atom. The van der Waals surface area contributed by atoms with E-state index < -0.39 is 11.7 Å². The first-order valence-corrected chi connectivity index (χ1v) is 27.3. The highest BCUT2D eigenvalue weighted by molar-refractivity contribution is 6.13. The molecule has 13 aromatic rings. The number of rotatable bonds is 8. The van der Waals surface area contributed by atoms with E-state index in [0.717, 1.165) is 116 Å². The summed E-state index contributed by atoms with van der Waals surface area (Å²) >= 11 is 0. The van der Waals surface area contributed by atoms with Crippen molar-refractivity contribution in [2.24, 2.45) is 0 Å². The Morgan fingerprint density at radius 2 is 0.575 bits per heavy atom. The van der Waals surface area contributed by atoms with E-state index in [0.29, 0.717) is 39.0 Å². The summed E-state index contributed by atoms with van der Waals surface area (Å²) in [6, 6.07) is 69.9. The molecule has 0 aliphatic heterocycles. The van der Waals surface area contributed by atoms with Gasteiger partial charge in [0.1, 0.15) is 5.56 Å². The lowest BCUT2D eigenvalue weighted by molar-refractivity contribution is -0.137. The maximum absolute atomic E-state index is 17.6. The number of fused-ring (bicyclic) bond motifs is 6. The zero-order valence-electron chi connectivity index (χ0n) is 46.1. The van der Waals surface area contributed by atoms with Crippen molar-refractivity contribution in [2.45, 2.75) is 61.6 Å². The second-order valence-corrected chi connectivity index (χ2v) is 22.3. The van der Waals surface area contributed by atoms with Gasteiger partial charge in [0, 0.05) is 32.7 Å². The maximum Gasteiger partial charge on any atom is 0.420 e. The van der Waals surface area contributed by atoms with Crippen LogP contribution in [0, 0.1) is 55.4 Å². The molecule has 80 heavy (non-hydrogen) atoms. The molecule has 0 spiro atoms. The molecule has 0 N–H and O–H groups in total. The summed E-state index contributed by atoms with van der Waals surface area (Å²) in [6.45, 7) is 16.6. The third-order valence-corrected chi connectivity index (χ3v) is 15.7. The smallest absolute Gasteiger partial charge is 0.308 e. The summed E-state index contributed by atoms with van der Waals surface area (Å²) in [6.07, 6.45) is -4.89. The normalized spacial score (nSPS) is 11.9. The molecular weight excluding hydrogens is 988 g/mol. The fraction of sp³-hybridized carbons (Fsp3) is 0.122. The van der Waals surface area contributed by atoms with Gasteiger partial charge in [0.15, 0.2) is 0 Å². The van der Waals surface area contributed by atoms with Crippen LogP contribution in [-0.4, -0.2) is 14.1 Å². The number of aromatic nitrogens is 3. The average molecular weight is 1050 g/mol. The van der Waals surface area contributed by atoms with Crippen LogP contribution < -0.4 is 0 Å². The fourth-order valence-corrected chi connectivity index (χ4v) is 12.6. The predicted octanol–water partition coefficient (Wildman–Crippen LogP) is 20.8. The van der Waals surface area contributed by atoms with Crippen molar-refractivity contribution in [2.75, 3.05) is 0 Å².